The molecule has 0 saturated heterocycles. The Kier molecular flexibility index (Phi) is 6.81. The van der Waals surface area contributed by atoms with Crippen LogP contribution in [0.3, 0.4) is 0 Å². The summed E-state index contributed by atoms with van der Waals surface area (Å²) in [6, 6.07) is 13.0. The molecule has 1 amide bonds. The fraction of sp³-hybridized carbons (Fsp3) is 0.167. The molecule has 3 aromatic rings. The van der Waals surface area contributed by atoms with Gasteiger partial charge in [0.05, 0.1) is 21.5 Å². The van der Waals surface area contributed by atoms with Crippen LogP contribution in [0, 0.1) is 0 Å². The highest BCUT2D eigenvalue weighted by Gasteiger charge is 2.15. The van der Waals surface area contributed by atoms with Gasteiger partial charge >= 0.3 is 0 Å². The molecule has 0 aliphatic heterocycles. The monoisotopic (exact) mass is 484 g/mol. The molecule has 0 spiro atoms. The molecule has 0 fully saturated rings. The van der Waals surface area contributed by atoms with Crippen LogP contribution in [-0.4, -0.2) is 26.4 Å². The zero-order valence-corrected chi connectivity index (χ0v) is 18.2. The van der Waals surface area contributed by atoms with Crippen molar-refractivity contribution in [2.75, 3.05) is 11.1 Å². The summed E-state index contributed by atoms with van der Waals surface area (Å²) in [6.45, 7) is 2.71. The lowest BCUT2D eigenvalue weighted by Gasteiger charge is -2.09. The van der Waals surface area contributed by atoms with Crippen LogP contribution in [0.1, 0.15) is 6.92 Å². The molecule has 27 heavy (non-hydrogen) atoms. The highest BCUT2D eigenvalue weighted by atomic mass is 79.9. The van der Waals surface area contributed by atoms with Crippen LogP contribution in [0.4, 0.5) is 5.69 Å². The van der Waals surface area contributed by atoms with E-state index in [9.17, 15) is 4.79 Å². The van der Waals surface area contributed by atoms with Crippen LogP contribution in [0.15, 0.2) is 52.1 Å². The Bertz CT molecular complexity index is 962. The fourth-order valence-corrected chi connectivity index (χ4v) is 3.82. The number of nitrogens with one attached hydrogen (secondary N) is 1. The molecule has 1 N–H and O–H groups in total. The molecule has 1 aromatic heterocycles. The third-order valence-electron chi connectivity index (χ3n) is 3.69. The van der Waals surface area contributed by atoms with Crippen LogP contribution in [0.2, 0.25) is 10.0 Å². The molecule has 3 rings (SSSR count). The predicted octanol–water partition coefficient (Wildman–Crippen LogP) is 5.77. The maximum atomic E-state index is 12.3. The van der Waals surface area contributed by atoms with Crippen molar-refractivity contribution in [3.63, 3.8) is 0 Å². The van der Waals surface area contributed by atoms with E-state index < -0.39 is 0 Å². The number of nitrogens with zero attached hydrogens (tertiary/aromatic N) is 3. The molecular formula is C18H15BrCl2N4OS. The smallest absolute Gasteiger partial charge is 0.234 e. The molecule has 0 aliphatic carbocycles. The Morgan fingerprint density at radius 1 is 1.19 bits per heavy atom. The second-order valence-corrected chi connectivity index (χ2v) is 8.14. The Labute approximate surface area is 179 Å². The van der Waals surface area contributed by atoms with Crippen molar-refractivity contribution in [3.8, 4) is 11.4 Å². The first-order valence-electron chi connectivity index (χ1n) is 8.05. The highest BCUT2D eigenvalue weighted by molar-refractivity contribution is 9.10. The predicted molar refractivity (Wildman–Crippen MR) is 115 cm³/mol. The summed E-state index contributed by atoms with van der Waals surface area (Å²) in [4.78, 5) is 12.3. The number of hydrogen-bond donors (Lipinski definition) is 1. The van der Waals surface area contributed by atoms with Gasteiger partial charge in [-0.2, -0.15) is 0 Å². The van der Waals surface area contributed by atoms with Crippen LogP contribution in [0.25, 0.3) is 11.4 Å². The third-order valence-corrected chi connectivity index (χ3v) is 6.01. The quantitative estimate of drug-likeness (QED) is 0.450. The van der Waals surface area contributed by atoms with Gasteiger partial charge in [0, 0.05) is 16.6 Å². The largest absolute Gasteiger partial charge is 0.324 e. The number of carbonyl (C=O) groups is 1. The van der Waals surface area contributed by atoms with Gasteiger partial charge in [0.1, 0.15) is 0 Å². The average Bonchev–Trinajstić information content (AvgIpc) is 3.07. The van der Waals surface area contributed by atoms with E-state index >= 15 is 0 Å². The third kappa shape index (κ3) is 4.85. The topological polar surface area (TPSA) is 59.8 Å². The van der Waals surface area contributed by atoms with Gasteiger partial charge in [-0.1, -0.05) is 69.1 Å². The second kappa shape index (κ2) is 9.10. The molecule has 0 saturated carbocycles. The summed E-state index contributed by atoms with van der Waals surface area (Å²) < 4.78 is 2.98. The van der Waals surface area contributed by atoms with Gasteiger partial charge in [0.2, 0.25) is 5.91 Å². The first kappa shape index (κ1) is 20.2. The number of anilines is 1. The van der Waals surface area contributed by atoms with Crippen LogP contribution in [0.5, 0.6) is 0 Å². The molecular weight excluding hydrogens is 471 g/mol. The summed E-state index contributed by atoms with van der Waals surface area (Å²) in [6.07, 6.45) is 0. The van der Waals surface area contributed by atoms with Gasteiger partial charge in [-0.15, -0.1) is 10.2 Å². The number of aromatic nitrogens is 3. The summed E-state index contributed by atoms with van der Waals surface area (Å²) in [5.41, 5.74) is 1.46. The van der Waals surface area contributed by atoms with Crippen molar-refractivity contribution < 1.29 is 4.79 Å². The summed E-state index contributed by atoms with van der Waals surface area (Å²) in [7, 11) is 0. The maximum Gasteiger partial charge on any atom is 0.234 e. The number of thioether (sulfide) groups is 1. The molecule has 0 bridgehead atoms. The fourth-order valence-electron chi connectivity index (χ4n) is 2.41. The minimum atomic E-state index is -0.194. The Morgan fingerprint density at radius 3 is 2.63 bits per heavy atom. The first-order valence-corrected chi connectivity index (χ1v) is 10.6. The number of amides is 1. The van der Waals surface area contributed by atoms with Gasteiger partial charge in [0.15, 0.2) is 11.0 Å². The number of benzene rings is 2. The van der Waals surface area contributed by atoms with Crippen LogP contribution < -0.4 is 5.32 Å². The van der Waals surface area contributed by atoms with Crippen LogP contribution >= 0.6 is 50.9 Å². The van der Waals surface area contributed by atoms with Crippen molar-refractivity contribution in [1.29, 1.82) is 0 Å². The molecule has 140 valence electrons. The second-order valence-electron chi connectivity index (χ2n) is 5.50. The first-order chi connectivity index (χ1) is 13.0. The van der Waals surface area contributed by atoms with Crippen molar-refractivity contribution in [1.82, 2.24) is 14.8 Å². The van der Waals surface area contributed by atoms with Crippen LogP contribution in [-0.2, 0) is 11.3 Å². The standard InChI is InChI=1S/C18H15BrCl2N4OS/c1-2-25-17(11-6-8-12(19)9-7-11)23-24-18(25)27-10-15(26)22-14-5-3-4-13(20)16(14)21/h3-9H,2,10H2,1H3,(H,22,26). The summed E-state index contributed by atoms with van der Waals surface area (Å²) in [5.74, 6) is 0.757. The van der Waals surface area contributed by atoms with E-state index in [1.807, 2.05) is 35.8 Å². The lowest BCUT2D eigenvalue weighted by molar-refractivity contribution is -0.113. The molecule has 0 atom stereocenters. The van der Waals surface area contributed by atoms with Crippen molar-refractivity contribution >= 4 is 62.5 Å². The molecule has 0 radical (unpaired) electrons. The lowest BCUT2D eigenvalue weighted by atomic mass is 10.2. The van der Waals surface area contributed by atoms with Crippen molar-refractivity contribution in [2.45, 2.75) is 18.6 Å². The van der Waals surface area contributed by atoms with E-state index in [4.69, 9.17) is 23.2 Å². The number of hydrogen-bond acceptors (Lipinski definition) is 4. The number of rotatable bonds is 6. The van der Waals surface area contributed by atoms with Crippen molar-refractivity contribution in [2.24, 2.45) is 0 Å². The van der Waals surface area contributed by atoms with E-state index in [0.29, 0.717) is 27.4 Å². The minimum Gasteiger partial charge on any atom is -0.324 e. The van der Waals surface area contributed by atoms with E-state index in [1.54, 1.807) is 18.2 Å². The molecule has 2 aromatic carbocycles. The molecule has 5 nitrogen and oxygen atoms in total. The zero-order valence-electron chi connectivity index (χ0n) is 14.2. The lowest BCUT2D eigenvalue weighted by Crippen LogP contribution is -2.15. The van der Waals surface area contributed by atoms with Gasteiger partial charge in [-0.3, -0.25) is 4.79 Å². The van der Waals surface area contributed by atoms with Gasteiger partial charge in [0.25, 0.3) is 0 Å². The summed E-state index contributed by atoms with van der Waals surface area (Å²) in [5, 5.41) is 12.7. The van der Waals surface area contributed by atoms with Gasteiger partial charge in [-0.25, -0.2) is 0 Å². The molecule has 0 aliphatic rings. The van der Waals surface area contributed by atoms with Crippen molar-refractivity contribution in [3.05, 3.63) is 57.0 Å². The highest BCUT2D eigenvalue weighted by Crippen LogP contribution is 2.30. The van der Waals surface area contributed by atoms with E-state index in [1.165, 1.54) is 11.8 Å². The van der Waals surface area contributed by atoms with E-state index in [-0.39, 0.29) is 11.7 Å². The Hall–Kier alpha value is -1.54. The zero-order chi connectivity index (χ0) is 19.4. The van der Waals surface area contributed by atoms with Gasteiger partial charge in [-0.05, 0) is 31.2 Å². The van der Waals surface area contributed by atoms with Gasteiger partial charge < -0.3 is 9.88 Å². The minimum absolute atomic E-state index is 0.182. The van der Waals surface area contributed by atoms with E-state index in [2.05, 4.69) is 31.4 Å². The molecule has 9 heteroatoms. The Balaban J connectivity index is 1.70. The molecule has 0 unspecified atom stereocenters. The normalized spacial score (nSPS) is 10.8. The number of halogens is 3. The van der Waals surface area contributed by atoms with E-state index in [0.717, 1.165) is 15.9 Å². The Morgan fingerprint density at radius 2 is 1.93 bits per heavy atom. The summed E-state index contributed by atoms with van der Waals surface area (Å²) >= 11 is 16.8. The SMILES string of the molecule is CCn1c(SCC(=O)Nc2cccc(Cl)c2Cl)nnc1-c1ccc(Br)cc1. The average molecular weight is 486 g/mol. The molecule has 1 heterocycles. The number of carbonyl (C=O) groups excluding carboxylic acids is 1. The maximum absolute atomic E-state index is 12.3.